The molecule has 0 aliphatic heterocycles. The number of hydrogen-bond acceptors (Lipinski definition) is 5. The zero-order chi connectivity index (χ0) is 14.7. The largest absolute Gasteiger partial charge is 0.406 e. The molecule has 2 aromatic rings. The van der Waals surface area contributed by atoms with E-state index in [4.69, 9.17) is 5.73 Å². The number of nitrogens with two attached hydrogens (primary N) is 1. The second kappa shape index (κ2) is 5.60. The van der Waals surface area contributed by atoms with E-state index in [1.165, 1.54) is 0 Å². The Labute approximate surface area is 116 Å². The summed E-state index contributed by atoms with van der Waals surface area (Å²) in [5.74, 6) is 0.900. The van der Waals surface area contributed by atoms with Crippen molar-refractivity contribution in [2.45, 2.75) is 13.3 Å². The summed E-state index contributed by atoms with van der Waals surface area (Å²) in [7, 11) is 1.75. The summed E-state index contributed by atoms with van der Waals surface area (Å²) in [6, 6.07) is 7.57. The van der Waals surface area contributed by atoms with Gasteiger partial charge in [0.2, 0.25) is 11.6 Å². The Kier molecular flexibility index (Phi) is 3.88. The Bertz CT molecular complexity index is 618. The molecule has 1 aromatic carbocycles. The van der Waals surface area contributed by atoms with E-state index in [9.17, 15) is 10.1 Å². The van der Waals surface area contributed by atoms with Crippen LogP contribution in [0, 0.1) is 17.0 Å². The van der Waals surface area contributed by atoms with Gasteiger partial charge in [-0.05, 0) is 34.0 Å². The summed E-state index contributed by atoms with van der Waals surface area (Å²) in [5.41, 5.74) is 7.46. The van der Waals surface area contributed by atoms with E-state index >= 15 is 0 Å². The van der Waals surface area contributed by atoms with Crippen LogP contribution >= 0.6 is 0 Å². The van der Waals surface area contributed by atoms with E-state index in [1.807, 2.05) is 24.3 Å². The molecule has 0 spiro atoms. The zero-order valence-electron chi connectivity index (χ0n) is 11.5. The Balaban J connectivity index is 2.04. The number of nitrogen functional groups attached to an aromatic ring is 1. The molecule has 7 nitrogen and oxygen atoms in total. The number of nitro groups is 1. The SMILES string of the molecule is Cc1nc([N+](=O)[O-])c(NCCc2ccc(N)cc2)n1C. The maximum absolute atomic E-state index is 10.9. The highest BCUT2D eigenvalue weighted by molar-refractivity contribution is 5.53. The predicted molar refractivity (Wildman–Crippen MR) is 77.6 cm³/mol. The lowest BCUT2D eigenvalue weighted by molar-refractivity contribution is -0.388. The molecule has 2 rings (SSSR count). The number of benzene rings is 1. The predicted octanol–water partition coefficient (Wildman–Crippen LogP) is 1.87. The average Bonchev–Trinajstić information content (AvgIpc) is 2.69. The topological polar surface area (TPSA) is 99.0 Å². The molecule has 0 aliphatic carbocycles. The van der Waals surface area contributed by atoms with Gasteiger partial charge >= 0.3 is 5.82 Å². The van der Waals surface area contributed by atoms with E-state index < -0.39 is 4.92 Å². The molecule has 1 heterocycles. The number of nitrogens with one attached hydrogen (secondary N) is 1. The van der Waals surface area contributed by atoms with Crippen molar-refractivity contribution in [1.29, 1.82) is 0 Å². The fourth-order valence-electron chi connectivity index (χ4n) is 1.93. The third-order valence-corrected chi connectivity index (χ3v) is 3.16. The van der Waals surface area contributed by atoms with Crippen LogP contribution in [-0.4, -0.2) is 21.0 Å². The lowest BCUT2D eigenvalue weighted by Crippen LogP contribution is -2.10. The van der Waals surface area contributed by atoms with E-state index in [2.05, 4.69) is 10.3 Å². The maximum atomic E-state index is 10.9. The molecule has 106 valence electrons. The molecule has 0 fully saturated rings. The van der Waals surface area contributed by atoms with E-state index in [1.54, 1.807) is 18.5 Å². The number of imidazole rings is 1. The highest BCUT2D eigenvalue weighted by Crippen LogP contribution is 2.23. The first kappa shape index (κ1) is 13.9. The molecule has 20 heavy (non-hydrogen) atoms. The van der Waals surface area contributed by atoms with Crippen LogP contribution in [0.2, 0.25) is 0 Å². The first-order valence-electron chi connectivity index (χ1n) is 6.25. The molecule has 7 heteroatoms. The van der Waals surface area contributed by atoms with E-state index in [0.29, 0.717) is 18.2 Å². The van der Waals surface area contributed by atoms with E-state index in [0.717, 1.165) is 17.7 Å². The van der Waals surface area contributed by atoms with Gasteiger partial charge in [-0.3, -0.25) is 4.57 Å². The lowest BCUT2D eigenvalue weighted by Gasteiger charge is -2.07. The number of rotatable bonds is 5. The minimum absolute atomic E-state index is 0.137. The molecule has 3 N–H and O–H groups in total. The molecule has 0 atom stereocenters. The van der Waals surface area contributed by atoms with E-state index in [-0.39, 0.29) is 5.82 Å². The van der Waals surface area contributed by atoms with Crippen LogP contribution in [-0.2, 0) is 13.5 Å². The third-order valence-electron chi connectivity index (χ3n) is 3.16. The third kappa shape index (κ3) is 2.87. The van der Waals surface area contributed by atoms with Crippen molar-refractivity contribution < 1.29 is 4.92 Å². The minimum Gasteiger partial charge on any atom is -0.399 e. The number of hydrogen-bond donors (Lipinski definition) is 2. The molecule has 0 radical (unpaired) electrons. The second-order valence-electron chi connectivity index (χ2n) is 4.57. The first-order valence-corrected chi connectivity index (χ1v) is 6.25. The summed E-state index contributed by atoms with van der Waals surface area (Å²) in [6.45, 7) is 2.32. The van der Waals surface area contributed by atoms with Gasteiger partial charge in [0.25, 0.3) is 0 Å². The summed E-state index contributed by atoms with van der Waals surface area (Å²) >= 11 is 0. The standard InChI is InChI=1S/C13H17N5O2/c1-9-16-13(18(19)20)12(17(9)2)15-8-7-10-3-5-11(14)6-4-10/h3-6,15H,7-8,14H2,1-2H3. The summed E-state index contributed by atoms with van der Waals surface area (Å²) in [6.07, 6.45) is 0.752. The van der Waals surface area contributed by atoms with Crippen LogP contribution in [0.15, 0.2) is 24.3 Å². The average molecular weight is 275 g/mol. The number of nitrogens with zero attached hydrogens (tertiary/aromatic N) is 3. The highest BCUT2D eigenvalue weighted by Gasteiger charge is 2.22. The van der Waals surface area contributed by atoms with Gasteiger partial charge in [-0.1, -0.05) is 12.1 Å². The fourth-order valence-corrected chi connectivity index (χ4v) is 1.93. The number of aryl methyl sites for hydroxylation is 1. The van der Waals surface area contributed by atoms with Crippen molar-refractivity contribution in [3.8, 4) is 0 Å². The lowest BCUT2D eigenvalue weighted by atomic mass is 10.1. The normalized spacial score (nSPS) is 10.5. The first-order chi connectivity index (χ1) is 9.49. The quantitative estimate of drug-likeness (QED) is 0.493. The van der Waals surface area contributed by atoms with Gasteiger partial charge in [0.15, 0.2) is 0 Å². The van der Waals surface area contributed by atoms with Crippen molar-refractivity contribution >= 4 is 17.3 Å². The van der Waals surface area contributed by atoms with Gasteiger partial charge < -0.3 is 21.2 Å². The van der Waals surface area contributed by atoms with Crippen LogP contribution in [0.25, 0.3) is 0 Å². The molecule has 0 aliphatic rings. The molecular formula is C13H17N5O2. The molecule has 0 saturated heterocycles. The van der Waals surface area contributed by atoms with Crippen molar-refractivity contribution in [1.82, 2.24) is 9.55 Å². The van der Waals surface area contributed by atoms with Gasteiger partial charge in [-0.15, -0.1) is 0 Å². The summed E-state index contributed by atoms with van der Waals surface area (Å²) in [5, 5.41) is 14.0. The van der Waals surface area contributed by atoms with Crippen LogP contribution in [0.1, 0.15) is 11.4 Å². The van der Waals surface area contributed by atoms with Crippen molar-refractivity contribution in [3.63, 3.8) is 0 Å². The van der Waals surface area contributed by atoms with Gasteiger partial charge in [0.1, 0.15) is 0 Å². The molecule has 1 aromatic heterocycles. The molecule has 0 saturated carbocycles. The molecule has 0 unspecified atom stereocenters. The van der Waals surface area contributed by atoms with Gasteiger partial charge in [-0.2, -0.15) is 0 Å². The molecule has 0 bridgehead atoms. The van der Waals surface area contributed by atoms with Crippen LogP contribution in [0.4, 0.5) is 17.3 Å². The second-order valence-corrected chi connectivity index (χ2v) is 4.57. The van der Waals surface area contributed by atoms with Gasteiger partial charge in [0, 0.05) is 26.2 Å². The van der Waals surface area contributed by atoms with Crippen molar-refractivity contribution in [3.05, 3.63) is 45.8 Å². The van der Waals surface area contributed by atoms with Crippen LogP contribution < -0.4 is 11.1 Å². The Hall–Kier alpha value is -2.57. The smallest absolute Gasteiger partial charge is 0.399 e. The number of aromatic nitrogens is 2. The van der Waals surface area contributed by atoms with Gasteiger partial charge in [0.05, 0.1) is 0 Å². The highest BCUT2D eigenvalue weighted by atomic mass is 16.6. The molecule has 0 amide bonds. The zero-order valence-corrected chi connectivity index (χ0v) is 11.5. The summed E-state index contributed by atoms with van der Waals surface area (Å²) in [4.78, 5) is 14.4. The Morgan fingerprint density at radius 2 is 2.05 bits per heavy atom. The Morgan fingerprint density at radius 1 is 1.40 bits per heavy atom. The van der Waals surface area contributed by atoms with Crippen LogP contribution in [0.3, 0.4) is 0 Å². The van der Waals surface area contributed by atoms with Gasteiger partial charge in [-0.25, -0.2) is 0 Å². The van der Waals surface area contributed by atoms with Crippen LogP contribution in [0.5, 0.6) is 0 Å². The fraction of sp³-hybridized carbons (Fsp3) is 0.308. The number of anilines is 2. The molecular weight excluding hydrogens is 258 g/mol. The minimum atomic E-state index is -0.474. The maximum Gasteiger partial charge on any atom is 0.406 e. The summed E-state index contributed by atoms with van der Waals surface area (Å²) < 4.78 is 1.68. The Morgan fingerprint density at radius 3 is 2.65 bits per heavy atom. The van der Waals surface area contributed by atoms with Crippen molar-refractivity contribution in [2.24, 2.45) is 7.05 Å². The monoisotopic (exact) mass is 275 g/mol. The van der Waals surface area contributed by atoms with Crippen molar-refractivity contribution in [2.75, 3.05) is 17.6 Å².